The number of amides is 1. The number of aromatic nitrogens is 1. The number of alkyl halides is 3. The van der Waals surface area contributed by atoms with Crippen molar-refractivity contribution >= 4 is 23.2 Å². The minimum Gasteiger partial charge on any atom is -0.356 e. The number of benzene rings is 2. The molecule has 0 bridgehead atoms. The fourth-order valence-corrected chi connectivity index (χ4v) is 3.13. The van der Waals surface area contributed by atoms with E-state index in [1.54, 1.807) is 30.3 Å². The molecule has 0 atom stereocenters. The van der Waals surface area contributed by atoms with Crippen LogP contribution in [0.3, 0.4) is 0 Å². The molecule has 2 aromatic carbocycles. The van der Waals surface area contributed by atoms with Crippen molar-refractivity contribution in [2.75, 3.05) is 5.32 Å². The molecule has 3 aromatic rings. The Bertz CT molecular complexity index is 1020. The van der Waals surface area contributed by atoms with Crippen LogP contribution in [0.15, 0.2) is 59.1 Å². The number of nitrogens with one attached hydrogen (secondary N) is 1. The number of rotatable bonds is 4. The molecule has 4 nitrogen and oxygen atoms in total. The molecule has 0 unspecified atom stereocenters. The van der Waals surface area contributed by atoms with Crippen LogP contribution < -0.4 is 5.32 Å². The third-order valence-corrected chi connectivity index (χ3v) is 5.01. The molecule has 1 saturated carbocycles. The van der Waals surface area contributed by atoms with E-state index in [0.29, 0.717) is 29.3 Å². The topological polar surface area (TPSA) is 55.1 Å². The lowest BCUT2D eigenvalue weighted by Gasteiger charge is -2.14. The van der Waals surface area contributed by atoms with Crippen molar-refractivity contribution in [3.05, 3.63) is 70.9 Å². The number of anilines is 1. The van der Waals surface area contributed by atoms with Crippen LogP contribution >= 0.6 is 11.6 Å². The lowest BCUT2D eigenvalue weighted by atomic mass is 10.00. The Kier molecular flexibility index (Phi) is 4.42. The van der Waals surface area contributed by atoms with E-state index in [1.165, 1.54) is 12.1 Å². The van der Waals surface area contributed by atoms with Gasteiger partial charge in [0.25, 0.3) is 0 Å². The van der Waals surface area contributed by atoms with Crippen LogP contribution in [-0.2, 0) is 16.4 Å². The van der Waals surface area contributed by atoms with Gasteiger partial charge in [0.15, 0.2) is 5.76 Å². The molecule has 1 aliphatic rings. The van der Waals surface area contributed by atoms with Gasteiger partial charge in [-0.05, 0) is 55.3 Å². The first kappa shape index (κ1) is 18.6. The van der Waals surface area contributed by atoms with Crippen LogP contribution in [-0.4, -0.2) is 11.1 Å². The summed E-state index contributed by atoms with van der Waals surface area (Å²) in [5.74, 6) is 0.0904. The average molecular weight is 407 g/mol. The van der Waals surface area contributed by atoms with Gasteiger partial charge in [-0.1, -0.05) is 22.8 Å². The molecular weight excluding hydrogens is 393 g/mol. The van der Waals surface area contributed by atoms with Crippen molar-refractivity contribution in [3.63, 3.8) is 0 Å². The summed E-state index contributed by atoms with van der Waals surface area (Å²) in [6.07, 6.45) is -3.38. The minimum atomic E-state index is -4.47. The van der Waals surface area contributed by atoms with Crippen molar-refractivity contribution in [1.82, 2.24) is 5.16 Å². The SMILES string of the molecule is O=C(Nc1cccc(C(F)(F)F)c1)C1(c2cc(-c3ccc(Cl)cc3)on2)CC1. The molecule has 1 aromatic heterocycles. The smallest absolute Gasteiger partial charge is 0.356 e. The number of hydrogen-bond acceptors (Lipinski definition) is 3. The second-order valence-electron chi connectivity index (χ2n) is 6.70. The highest BCUT2D eigenvalue weighted by atomic mass is 35.5. The Morgan fingerprint density at radius 1 is 1.11 bits per heavy atom. The predicted octanol–water partition coefficient (Wildman–Crippen LogP) is 5.68. The van der Waals surface area contributed by atoms with Crippen LogP contribution in [0, 0.1) is 0 Å². The quantitative estimate of drug-likeness (QED) is 0.606. The number of carbonyl (C=O) groups is 1. The Hall–Kier alpha value is -2.80. The van der Waals surface area contributed by atoms with Crippen LogP contribution in [0.25, 0.3) is 11.3 Å². The van der Waals surface area contributed by atoms with E-state index in [2.05, 4.69) is 10.5 Å². The highest BCUT2D eigenvalue weighted by molar-refractivity contribution is 6.30. The first-order chi connectivity index (χ1) is 13.3. The van der Waals surface area contributed by atoms with E-state index in [1.807, 2.05) is 0 Å². The summed E-state index contributed by atoms with van der Waals surface area (Å²) in [4.78, 5) is 12.8. The van der Waals surface area contributed by atoms with E-state index >= 15 is 0 Å². The van der Waals surface area contributed by atoms with Crippen molar-refractivity contribution < 1.29 is 22.5 Å². The van der Waals surface area contributed by atoms with Crippen molar-refractivity contribution in [2.24, 2.45) is 0 Å². The van der Waals surface area contributed by atoms with Gasteiger partial charge in [-0.15, -0.1) is 0 Å². The molecule has 144 valence electrons. The van der Waals surface area contributed by atoms with Gasteiger partial charge in [0, 0.05) is 22.3 Å². The van der Waals surface area contributed by atoms with Crippen molar-refractivity contribution in [2.45, 2.75) is 24.4 Å². The zero-order valence-corrected chi connectivity index (χ0v) is 15.1. The molecule has 28 heavy (non-hydrogen) atoms. The number of nitrogens with zero attached hydrogens (tertiary/aromatic N) is 1. The average Bonchev–Trinajstić information content (AvgIpc) is 3.32. The first-order valence-electron chi connectivity index (χ1n) is 8.50. The van der Waals surface area contributed by atoms with Crippen molar-refractivity contribution in [3.8, 4) is 11.3 Å². The zero-order valence-electron chi connectivity index (χ0n) is 14.4. The normalized spacial score (nSPS) is 15.3. The van der Waals surface area contributed by atoms with Gasteiger partial charge in [0.2, 0.25) is 5.91 Å². The molecule has 0 saturated heterocycles. The number of carbonyl (C=O) groups excluding carboxylic acids is 1. The van der Waals surface area contributed by atoms with Crippen LogP contribution in [0.4, 0.5) is 18.9 Å². The fraction of sp³-hybridized carbons (Fsp3) is 0.200. The van der Waals surface area contributed by atoms with Crippen molar-refractivity contribution in [1.29, 1.82) is 0 Å². The fourth-order valence-electron chi connectivity index (χ4n) is 3.00. The van der Waals surface area contributed by atoms with E-state index in [0.717, 1.165) is 17.7 Å². The van der Waals surface area contributed by atoms with Gasteiger partial charge in [-0.3, -0.25) is 4.79 Å². The minimum absolute atomic E-state index is 0.0903. The highest BCUT2D eigenvalue weighted by Gasteiger charge is 2.54. The molecule has 4 rings (SSSR count). The predicted molar refractivity (Wildman–Crippen MR) is 97.9 cm³/mol. The Labute approximate surface area is 163 Å². The molecule has 1 amide bonds. The monoisotopic (exact) mass is 406 g/mol. The Morgan fingerprint density at radius 2 is 1.82 bits per heavy atom. The van der Waals surface area contributed by atoms with Gasteiger partial charge in [0.05, 0.1) is 16.7 Å². The largest absolute Gasteiger partial charge is 0.416 e. The standard InChI is InChI=1S/C20H14ClF3N2O2/c21-14-6-4-12(5-7-14)16-11-17(26-28-16)19(8-9-19)18(27)25-15-3-1-2-13(10-15)20(22,23)24/h1-7,10-11H,8-9H2,(H,25,27). The number of hydrogen-bond donors (Lipinski definition) is 1. The second kappa shape index (κ2) is 6.67. The Balaban J connectivity index is 1.55. The maximum Gasteiger partial charge on any atom is 0.416 e. The van der Waals surface area contributed by atoms with Crippen LogP contribution in [0.5, 0.6) is 0 Å². The molecular formula is C20H14ClF3N2O2. The van der Waals surface area contributed by atoms with Crippen LogP contribution in [0.2, 0.25) is 5.02 Å². The third kappa shape index (κ3) is 3.49. The number of halogens is 4. The lowest BCUT2D eigenvalue weighted by molar-refractivity contribution is -0.137. The molecule has 0 spiro atoms. The van der Waals surface area contributed by atoms with Gasteiger partial charge in [0.1, 0.15) is 0 Å². The zero-order chi connectivity index (χ0) is 19.9. The Morgan fingerprint density at radius 3 is 2.46 bits per heavy atom. The summed E-state index contributed by atoms with van der Waals surface area (Å²) in [5.41, 5.74) is -0.393. The first-order valence-corrected chi connectivity index (χ1v) is 8.88. The summed E-state index contributed by atoms with van der Waals surface area (Å²) < 4.78 is 43.9. The molecule has 1 N–H and O–H groups in total. The summed E-state index contributed by atoms with van der Waals surface area (Å²) in [6, 6.07) is 13.2. The summed E-state index contributed by atoms with van der Waals surface area (Å²) in [5, 5.41) is 7.18. The van der Waals surface area contributed by atoms with Crippen LogP contribution in [0.1, 0.15) is 24.1 Å². The van der Waals surface area contributed by atoms with E-state index in [9.17, 15) is 18.0 Å². The second-order valence-corrected chi connectivity index (χ2v) is 7.13. The van der Waals surface area contributed by atoms with E-state index in [4.69, 9.17) is 16.1 Å². The molecule has 8 heteroatoms. The van der Waals surface area contributed by atoms with E-state index < -0.39 is 23.1 Å². The van der Waals surface area contributed by atoms with E-state index in [-0.39, 0.29) is 5.69 Å². The molecule has 1 fully saturated rings. The summed E-state index contributed by atoms with van der Waals surface area (Å²) in [6.45, 7) is 0. The summed E-state index contributed by atoms with van der Waals surface area (Å²) >= 11 is 5.88. The molecule has 0 aliphatic heterocycles. The third-order valence-electron chi connectivity index (χ3n) is 4.76. The molecule has 1 aliphatic carbocycles. The van der Waals surface area contributed by atoms with Gasteiger partial charge >= 0.3 is 6.18 Å². The molecule has 1 heterocycles. The maximum atomic E-state index is 12.9. The summed E-state index contributed by atoms with van der Waals surface area (Å²) in [7, 11) is 0. The maximum absolute atomic E-state index is 12.9. The van der Waals surface area contributed by atoms with Gasteiger partial charge in [-0.25, -0.2) is 0 Å². The van der Waals surface area contributed by atoms with Gasteiger partial charge < -0.3 is 9.84 Å². The highest BCUT2D eigenvalue weighted by Crippen LogP contribution is 2.49. The molecule has 0 radical (unpaired) electrons. The van der Waals surface area contributed by atoms with Gasteiger partial charge in [-0.2, -0.15) is 13.2 Å². The lowest BCUT2D eigenvalue weighted by Crippen LogP contribution is -2.28.